The van der Waals surface area contributed by atoms with E-state index in [0.717, 1.165) is 37.2 Å². The monoisotopic (exact) mass is 345 g/mol. The zero-order chi connectivity index (χ0) is 18.2. The van der Waals surface area contributed by atoms with Crippen molar-refractivity contribution in [2.45, 2.75) is 84.0 Å². The van der Waals surface area contributed by atoms with Crippen LogP contribution in [0.1, 0.15) is 71.9 Å². The summed E-state index contributed by atoms with van der Waals surface area (Å²) in [5, 5.41) is 0. The Morgan fingerprint density at radius 3 is 2.64 bits per heavy atom. The zero-order valence-corrected chi connectivity index (χ0v) is 16.2. The van der Waals surface area contributed by atoms with E-state index in [4.69, 9.17) is 4.74 Å². The van der Waals surface area contributed by atoms with E-state index in [9.17, 15) is 4.79 Å². The lowest BCUT2D eigenvalue weighted by atomic mass is 10.0. The zero-order valence-electron chi connectivity index (χ0n) is 16.2. The molecule has 0 N–H and O–H groups in total. The van der Waals surface area contributed by atoms with E-state index in [0.29, 0.717) is 12.1 Å². The summed E-state index contributed by atoms with van der Waals surface area (Å²) in [5.41, 5.74) is 0.655. The first-order valence-electron chi connectivity index (χ1n) is 9.51. The average molecular weight is 345 g/mol. The van der Waals surface area contributed by atoms with Crippen LogP contribution >= 0.6 is 0 Å². The number of carbonyl (C=O) groups excluding carboxylic acids is 1. The highest BCUT2D eigenvalue weighted by Crippen LogP contribution is 2.41. The molecule has 1 aromatic heterocycles. The number of aromatic nitrogens is 1. The van der Waals surface area contributed by atoms with Crippen molar-refractivity contribution in [1.82, 2.24) is 9.88 Å². The first-order chi connectivity index (χ1) is 11.8. The van der Waals surface area contributed by atoms with Crippen molar-refractivity contribution in [3.63, 3.8) is 0 Å². The SMILES string of the molecule is CC(C)N1CCCC1c1cccnc1N(C(=O)OC(C)(C)C)C1CC1. The van der Waals surface area contributed by atoms with Gasteiger partial charge in [0.25, 0.3) is 0 Å². The molecule has 0 aromatic carbocycles. The summed E-state index contributed by atoms with van der Waals surface area (Å²) in [4.78, 5) is 21.8. The molecule has 1 aliphatic carbocycles. The van der Waals surface area contributed by atoms with Crippen molar-refractivity contribution in [1.29, 1.82) is 0 Å². The number of hydrogen-bond acceptors (Lipinski definition) is 4. The van der Waals surface area contributed by atoms with Crippen molar-refractivity contribution in [2.75, 3.05) is 11.4 Å². The summed E-state index contributed by atoms with van der Waals surface area (Å²) in [5.74, 6) is 0.789. The molecule has 5 nitrogen and oxygen atoms in total. The van der Waals surface area contributed by atoms with Crippen molar-refractivity contribution in [3.05, 3.63) is 23.9 Å². The van der Waals surface area contributed by atoms with Crippen LogP contribution in [-0.4, -0.2) is 40.2 Å². The smallest absolute Gasteiger partial charge is 0.416 e. The lowest BCUT2D eigenvalue weighted by molar-refractivity contribution is 0.0576. The van der Waals surface area contributed by atoms with Gasteiger partial charge in [0.2, 0.25) is 0 Å². The number of carbonyl (C=O) groups is 1. The molecule has 1 unspecified atom stereocenters. The van der Waals surface area contributed by atoms with Crippen LogP contribution < -0.4 is 4.90 Å². The maximum atomic E-state index is 12.9. The number of pyridine rings is 1. The largest absolute Gasteiger partial charge is 0.443 e. The van der Waals surface area contributed by atoms with Crippen LogP contribution in [0.4, 0.5) is 10.6 Å². The Balaban J connectivity index is 1.94. The molecule has 2 aliphatic rings. The molecule has 2 fully saturated rings. The van der Waals surface area contributed by atoms with Gasteiger partial charge in [0, 0.05) is 29.9 Å². The van der Waals surface area contributed by atoms with Crippen LogP contribution in [0.5, 0.6) is 0 Å². The molecular formula is C20H31N3O2. The highest BCUT2D eigenvalue weighted by atomic mass is 16.6. The van der Waals surface area contributed by atoms with Gasteiger partial charge in [0.05, 0.1) is 0 Å². The molecule has 25 heavy (non-hydrogen) atoms. The van der Waals surface area contributed by atoms with Gasteiger partial charge in [-0.1, -0.05) is 6.07 Å². The Labute approximate surface area is 151 Å². The van der Waals surface area contributed by atoms with Gasteiger partial charge in [-0.15, -0.1) is 0 Å². The number of amides is 1. The molecule has 0 radical (unpaired) electrons. The second-order valence-corrected chi connectivity index (χ2v) is 8.49. The molecule has 0 spiro atoms. The van der Waals surface area contributed by atoms with Crippen LogP contribution in [0, 0.1) is 0 Å². The fraction of sp³-hybridized carbons (Fsp3) is 0.700. The fourth-order valence-electron chi connectivity index (χ4n) is 3.66. The normalized spacial score (nSPS) is 21.6. The number of hydrogen-bond donors (Lipinski definition) is 0. The molecule has 1 saturated carbocycles. The minimum Gasteiger partial charge on any atom is -0.443 e. The second-order valence-electron chi connectivity index (χ2n) is 8.49. The van der Waals surface area contributed by atoms with E-state index < -0.39 is 5.60 Å². The topological polar surface area (TPSA) is 45.7 Å². The molecule has 1 amide bonds. The highest BCUT2D eigenvalue weighted by molar-refractivity contribution is 5.89. The number of nitrogens with zero attached hydrogens (tertiary/aromatic N) is 3. The highest BCUT2D eigenvalue weighted by Gasteiger charge is 2.40. The lowest BCUT2D eigenvalue weighted by Gasteiger charge is -2.32. The summed E-state index contributed by atoms with van der Waals surface area (Å²) < 4.78 is 5.68. The van der Waals surface area contributed by atoms with E-state index >= 15 is 0 Å². The molecule has 1 saturated heterocycles. The number of rotatable bonds is 4. The van der Waals surface area contributed by atoms with Crippen molar-refractivity contribution >= 4 is 11.9 Å². The first kappa shape index (κ1) is 18.2. The van der Waals surface area contributed by atoms with Crippen LogP contribution in [0.3, 0.4) is 0 Å². The quantitative estimate of drug-likeness (QED) is 0.804. The van der Waals surface area contributed by atoms with E-state index in [2.05, 4.69) is 29.8 Å². The van der Waals surface area contributed by atoms with E-state index in [1.165, 1.54) is 6.42 Å². The third-order valence-corrected chi connectivity index (χ3v) is 4.86. The van der Waals surface area contributed by atoms with Gasteiger partial charge < -0.3 is 4.74 Å². The Morgan fingerprint density at radius 1 is 1.32 bits per heavy atom. The molecule has 5 heteroatoms. The van der Waals surface area contributed by atoms with Crippen LogP contribution in [0.25, 0.3) is 0 Å². The van der Waals surface area contributed by atoms with E-state index in [1.807, 2.05) is 26.8 Å². The molecular weight excluding hydrogens is 314 g/mol. The summed E-state index contributed by atoms with van der Waals surface area (Å²) >= 11 is 0. The maximum absolute atomic E-state index is 12.9. The summed E-state index contributed by atoms with van der Waals surface area (Å²) in [7, 11) is 0. The van der Waals surface area contributed by atoms with Crippen molar-refractivity contribution in [3.8, 4) is 0 Å². The maximum Gasteiger partial charge on any atom is 0.416 e. The Morgan fingerprint density at radius 2 is 2.04 bits per heavy atom. The van der Waals surface area contributed by atoms with E-state index in [1.54, 1.807) is 11.1 Å². The molecule has 1 aromatic rings. The third-order valence-electron chi connectivity index (χ3n) is 4.86. The minimum atomic E-state index is -0.503. The van der Waals surface area contributed by atoms with Crippen LogP contribution in [0.15, 0.2) is 18.3 Å². The van der Waals surface area contributed by atoms with Gasteiger partial charge in [0.15, 0.2) is 0 Å². The molecule has 2 heterocycles. The van der Waals surface area contributed by atoms with Gasteiger partial charge in [-0.3, -0.25) is 9.80 Å². The van der Waals surface area contributed by atoms with Gasteiger partial charge >= 0.3 is 6.09 Å². The number of anilines is 1. The number of ether oxygens (including phenoxy) is 1. The van der Waals surface area contributed by atoms with Gasteiger partial charge in [-0.25, -0.2) is 9.78 Å². The fourth-order valence-corrected chi connectivity index (χ4v) is 3.66. The Kier molecular flexibility index (Phi) is 5.05. The van der Waals surface area contributed by atoms with E-state index in [-0.39, 0.29) is 12.1 Å². The molecule has 1 aliphatic heterocycles. The Hall–Kier alpha value is -1.62. The molecule has 138 valence electrons. The molecule has 1 atom stereocenters. The predicted octanol–water partition coefficient (Wildman–Crippen LogP) is 4.53. The lowest BCUT2D eigenvalue weighted by Crippen LogP contribution is -2.40. The van der Waals surface area contributed by atoms with Crippen LogP contribution in [-0.2, 0) is 4.74 Å². The summed E-state index contributed by atoms with van der Waals surface area (Å²) in [6.07, 6.45) is 5.86. The van der Waals surface area contributed by atoms with Crippen LogP contribution in [0.2, 0.25) is 0 Å². The Bertz CT molecular complexity index is 620. The standard InChI is InChI=1S/C20H31N3O2/c1-14(2)22-13-7-9-17(22)16-8-6-12-21-18(16)23(15-10-11-15)19(24)25-20(3,4)5/h6,8,12,14-15,17H,7,9-11,13H2,1-5H3. The van der Waals surface area contributed by atoms with Crippen molar-refractivity contribution in [2.24, 2.45) is 0 Å². The number of likely N-dealkylation sites (tertiary alicyclic amines) is 1. The van der Waals surface area contributed by atoms with Gasteiger partial charge in [-0.2, -0.15) is 0 Å². The predicted molar refractivity (Wildman–Crippen MR) is 99.8 cm³/mol. The summed E-state index contributed by atoms with van der Waals surface area (Å²) in [6.45, 7) is 11.3. The second kappa shape index (κ2) is 6.94. The first-order valence-corrected chi connectivity index (χ1v) is 9.51. The molecule has 0 bridgehead atoms. The molecule has 3 rings (SSSR count). The van der Waals surface area contributed by atoms with Gasteiger partial charge in [0.1, 0.15) is 11.4 Å². The third kappa shape index (κ3) is 4.14. The minimum absolute atomic E-state index is 0.220. The van der Waals surface area contributed by atoms with Gasteiger partial charge in [-0.05, 0) is 72.9 Å². The van der Waals surface area contributed by atoms with Crippen molar-refractivity contribution < 1.29 is 9.53 Å². The summed E-state index contributed by atoms with van der Waals surface area (Å²) in [6, 6.07) is 5.14. The average Bonchev–Trinajstić information content (AvgIpc) is 3.21.